The summed E-state index contributed by atoms with van der Waals surface area (Å²) in [6.07, 6.45) is 2.17. The molecule has 8 nitrogen and oxygen atoms in total. The van der Waals surface area contributed by atoms with E-state index in [4.69, 9.17) is 4.74 Å². The van der Waals surface area contributed by atoms with Gasteiger partial charge in [0, 0.05) is 12.7 Å². The van der Waals surface area contributed by atoms with Gasteiger partial charge >= 0.3 is 5.69 Å². The van der Waals surface area contributed by atoms with Crippen LogP contribution in [0.1, 0.15) is 5.56 Å². The van der Waals surface area contributed by atoms with Crippen molar-refractivity contribution >= 4 is 16.9 Å². The summed E-state index contributed by atoms with van der Waals surface area (Å²) in [5, 5.41) is 3.03. The standard InChI is InChI=1S/C24H22N4O4/c1-32-19-11-9-18(10-12-19)28-22-20(8-5-14-26-22)23(30)27(24(28)31)16-21(29)25-15-13-17-6-3-2-4-7-17/h2-12,14H,13,15-16H2,1H3,(H,25,29). The molecule has 0 bridgehead atoms. The number of pyridine rings is 1. The highest BCUT2D eigenvalue weighted by molar-refractivity contribution is 5.78. The van der Waals surface area contributed by atoms with E-state index < -0.39 is 17.2 Å². The monoisotopic (exact) mass is 430 g/mol. The Hall–Kier alpha value is -4.20. The number of carbonyl (C=O) groups excluding carboxylic acids is 1. The summed E-state index contributed by atoms with van der Waals surface area (Å²) in [5.41, 5.74) is 0.639. The minimum Gasteiger partial charge on any atom is -0.497 e. The number of amides is 1. The van der Waals surface area contributed by atoms with Gasteiger partial charge in [0.05, 0.1) is 18.2 Å². The predicted molar refractivity (Wildman–Crippen MR) is 121 cm³/mol. The van der Waals surface area contributed by atoms with Crippen LogP contribution in [-0.4, -0.2) is 33.7 Å². The summed E-state index contributed by atoms with van der Waals surface area (Å²) in [7, 11) is 1.55. The number of hydrogen-bond acceptors (Lipinski definition) is 5. The highest BCUT2D eigenvalue weighted by Gasteiger charge is 2.17. The zero-order valence-corrected chi connectivity index (χ0v) is 17.5. The third-order valence-corrected chi connectivity index (χ3v) is 5.11. The number of nitrogens with one attached hydrogen (secondary N) is 1. The molecule has 0 unspecified atom stereocenters. The maximum Gasteiger partial charge on any atom is 0.337 e. The van der Waals surface area contributed by atoms with Gasteiger partial charge in [-0.05, 0) is 48.4 Å². The van der Waals surface area contributed by atoms with Crippen LogP contribution < -0.4 is 21.3 Å². The van der Waals surface area contributed by atoms with Crippen molar-refractivity contribution < 1.29 is 9.53 Å². The lowest BCUT2D eigenvalue weighted by Gasteiger charge is -2.14. The van der Waals surface area contributed by atoms with E-state index in [1.54, 1.807) is 43.5 Å². The highest BCUT2D eigenvalue weighted by Crippen LogP contribution is 2.16. The topological polar surface area (TPSA) is 95.2 Å². The first-order chi connectivity index (χ1) is 15.6. The molecule has 4 rings (SSSR count). The summed E-state index contributed by atoms with van der Waals surface area (Å²) in [5.74, 6) is 0.217. The van der Waals surface area contributed by atoms with Crippen LogP contribution in [0.3, 0.4) is 0 Å². The van der Waals surface area contributed by atoms with Gasteiger partial charge in [0.1, 0.15) is 12.3 Å². The van der Waals surface area contributed by atoms with Crippen molar-refractivity contribution in [3.63, 3.8) is 0 Å². The van der Waals surface area contributed by atoms with Crippen LogP contribution in [0.4, 0.5) is 0 Å². The zero-order chi connectivity index (χ0) is 22.5. The molecule has 1 N–H and O–H groups in total. The summed E-state index contributed by atoms with van der Waals surface area (Å²) in [6, 6.07) is 19.8. The van der Waals surface area contributed by atoms with Crippen LogP contribution in [0.5, 0.6) is 5.75 Å². The lowest BCUT2D eigenvalue weighted by molar-refractivity contribution is -0.121. The molecular formula is C24H22N4O4. The van der Waals surface area contributed by atoms with E-state index in [2.05, 4.69) is 10.3 Å². The minimum atomic E-state index is -0.635. The molecule has 0 saturated carbocycles. The fraction of sp³-hybridized carbons (Fsp3) is 0.167. The molecule has 0 aliphatic rings. The molecule has 0 fully saturated rings. The number of ether oxygens (including phenoxy) is 1. The van der Waals surface area contributed by atoms with Crippen LogP contribution in [0.2, 0.25) is 0 Å². The lowest BCUT2D eigenvalue weighted by Crippen LogP contribution is -2.44. The number of rotatable bonds is 7. The summed E-state index contributed by atoms with van der Waals surface area (Å²) < 4.78 is 7.44. The van der Waals surface area contributed by atoms with Gasteiger partial charge in [0.2, 0.25) is 5.91 Å². The fourth-order valence-electron chi connectivity index (χ4n) is 3.48. The fourth-order valence-corrected chi connectivity index (χ4v) is 3.48. The molecule has 32 heavy (non-hydrogen) atoms. The van der Waals surface area contributed by atoms with E-state index in [-0.39, 0.29) is 17.6 Å². The number of methoxy groups -OCH3 is 1. The van der Waals surface area contributed by atoms with Gasteiger partial charge < -0.3 is 10.1 Å². The molecule has 4 aromatic rings. The zero-order valence-electron chi connectivity index (χ0n) is 17.5. The van der Waals surface area contributed by atoms with E-state index in [1.165, 1.54) is 10.8 Å². The van der Waals surface area contributed by atoms with Crippen molar-refractivity contribution in [3.8, 4) is 11.4 Å². The van der Waals surface area contributed by atoms with Crippen molar-refractivity contribution in [2.75, 3.05) is 13.7 Å². The third-order valence-electron chi connectivity index (χ3n) is 5.11. The van der Waals surface area contributed by atoms with Gasteiger partial charge in [-0.1, -0.05) is 30.3 Å². The average molecular weight is 430 g/mol. The number of benzene rings is 2. The molecule has 8 heteroatoms. The summed E-state index contributed by atoms with van der Waals surface area (Å²) in [4.78, 5) is 43.0. The molecule has 0 aliphatic carbocycles. The van der Waals surface area contributed by atoms with E-state index in [0.29, 0.717) is 24.4 Å². The second-order valence-electron chi connectivity index (χ2n) is 7.17. The molecule has 2 aromatic carbocycles. The molecule has 0 saturated heterocycles. The van der Waals surface area contributed by atoms with Crippen molar-refractivity contribution in [2.24, 2.45) is 0 Å². The van der Waals surface area contributed by atoms with Gasteiger partial charge in [0.25, 0.3) is 5.56 Å². The van der Waals surface area contributed by atoms with Gasteiger partial charge in [-0.15, -0.1) is 0 Å². The Morgan fingerprint density at radius 2 is 1.75 bits per heavy atom. The Balaban J connectivity index is 1.66. The largest absolute Gasteiger partial charge is 0.497 e. The third kappa shape index (κ3) is 4.29. The van der Waals surface area contributed by atoms with E-state index in [9.17, 15) is 14.4 Å². The molecule has 0 spiro atoms. The maximum atomic E-state index is 13.3. The SMILES string of the molecule is COc1ccc(-n2c(=O)n(CC(=O)NCCc3ccccc3)c(=O)c3cccnc32)cc1. The summed E-state index contributed by atoms with van der Waals surface area (Å²) in [6.45, 7) is 0.0207. The quantitative estimate of drug-likeness (QED) is 0.483. The van der Waals surface area contributed by atoms with Crippen LogP contribution in [0.15, 0.2) is 82.5 Å². The van der Waals surface area contributed by atoms with Crippen molar-refractivity contribution in [2.45, 2.75) is 13.0 Å². The Morgan fingerprint density at radius 3 is 2.47 bits per heavy atom. The van der Waals surface area contributed by atoms with Crippen molar-refractivity contribution in [1.82, 2.24) is 19.4 Å². The number of carbonyl (C=O) groups is 1. The van der Waals surface area contributed by atoms with E-state index in [0.717, 1.165) is 10.1 Å². The highest BCUT2D eigenvalue weighted by atomic mass is 16.5. The normalized spacial score (nSPS) is 10.8. The first-order valence-corrected chi connectivity index (χ1v) is 10.1. The molecule has 0 atom stereocenters. The second kappa shape index (κ2) is 9.30. The van der Waals surface area contributed by atoms with Gasteiger partial charge in [-0.2, -0.15) is 0 Å². The lowest BCUT2D eigenvalue weighted by atomic mass is 10.1. The maximum absolute atomic E-state index is 13.3. The van der Waals surface area contributed by atoms with Crippen LogP contribution in [0.25, 0.3) is 16.7 Å². The smallest absolute Gasteiger partial charge is 0.337 e. The Labute approximate surface area is 183 Å². The Morgan fingerprint density at radius 1 is 1.00 bits per heavy atom. The summed E-state index contributed by atoms with van der Waals surface area (Å²) >= 11 is 0. The average Bonchev–Trinajstić information content (AvgIpc) is 2.83. The molecular weight excluding hydrogens is 408 g/mol. The van der Waals surface area contributed by atoms with Crippen molar-refractivity contribution in [3.05, 3.63) is 99.3 Å². The molecule has 162 valence electrons. The molecule has 2 aromatic heterocycles. The number of hydrogen-bond donors (Lipinski definition) is 1. The van der Waals surface area contributed by atoms with E-state index in [1.807, 2.05) is 30.3 Å². The predicted octanol–water partition coefficient (Wildman–Crippen LogP) is 1.91. The first kappa shape index (κ1) is 21.0. The minimum absolute atomic E-state index is 0.230. The Kier molecular flexibility index (Phi) is 6.12. The number of nitrogens with zero attached hydrogens (tertiary/aromatic N) is 3. The number of fused-ring (bicyclic) bond motifs is 1. The van der Waals surface area contributed by atoms with Gasteiger partial charge in [0.15, 0.2) is 5.65 Å². The molecule has 0 radical (unpaired) electrons. The number of aromatic nitrogens is 3. The molecule has 1 amide bonds. The van der Waals surface area contributed by atoms with Crippen LogP contribution >= 0.6 is 0 Å². The van der Waals surface area contributed by atoms with Crippen LogP contribution in [-0.2, 0) is 17.8 Å². The van der Waals surface area contributed by atoms with Crippen LogP contribution in [0, 0.1) is 0 Å². The molecule has 0 aliphatic heterocycles. The van der Waals surface area contributed by atoms with Gasteiger partial charge in [-0.3, -0.25) is 9.59 Å². The van der Waals surface area contributed by atoms with Gasteiger partial charge in [-0.25, -0.2) is 18.9 Å². The second-order valence-corrected chi connectivity index (χ2v) is 7.17. The Bertz CT molecular complexity index is 1360. The first-order valence-electron chi connectivity index (χ1n) is 10.1. The van der Waals surface area contributed by atoms with Crippen molar-refractivity contribution in [1.29, 1.82) is 0 Å². The van der Waals surface area contributed by atoms with E-state index >= 15 is 0 Å². The molecule has 2 heterocycles.